The van der Waals surface area contributed by atoms with Gasteiger partial charge in [-0.3, -0.25) is 0 Å². The van der Waals surface area contributed by atoms with Crippen LogP contribution in [0.3, 0.4) is 0 Å². The van der Waals surface area contributed by atoms with Crippen molar-refractivity contribution in [2.45, 2.75) is 76.8 Å². The first kappa shape index (κ1) is 14.5. The van der Waals surface area contributed by atoms with Crippen molar-refractivity contribution in [1.29, 1.82) is 0 Å². The van der Waals surface area contributed by atoms with Crippen molar-refractivity contribution in [2.24, 2.45) is 5.92 Å². The monoisotopic (exact) mass is 257 g/mol. The predicted octanol–water partition coefficient (Wildman–Crippen LogP) is 3.39. The second-order valence-electron chi connectivity index (χ2n) is 6.81. The average Bonchev–Trinajstić information content (AvgIpc) is 2.24. The molecule has 0 aliphatic heterocycles. The van der Waals surface area contributed by atoms with Crippen LogP contribution in [0.2, 0.25) is 31.7 Å². The first-order chi connectivity index (χ1) is 7.49. The van der Waals surface area contributed by atoms with Crippen molar-refractivity contribution >= 4 is 17.8 Å². The number of hydrogen-bond acceptors (Lipinski definition) is 1. The minimum atomic E-state index is -0.774. The van der Waals surface area contributed by atoms with Gasteiger partial charge in [0.2, 0.25) is 0 Å². The summed E-state index contributed by atoms with van der Waals surface area (Å²) in [5, 5.41) is 0. The molecule has 1 atom stereocenters. The van der Waals surface area contributed by atoms with E-state index < -0.39 is 8.07 Å². The summed E-state index contributed by atoms with van der Waals surface area (Å²) < 4.78 is 0. The molecule has 1 aliphatic carbocycles. The average molecular weight is 258 g/mol. The van der Waals surface area contributed by atoms with Crippen LogP contribution in [0.15, 0.2) is 0 Å². The Labute approximate surface area is 106 Å². The highest BCUT2D eigenvalue weighted by atomic mass is 28.3. The van der Waals surface area contributed by atoms with Crippen LogP contribution in [0.25, 0.3) is 0 Å². The molecule has 0 heterocycles. The Balaban J connectivity index is 2.07. The summed E-state index contributed by atoms with van der Waals surface area (Å²) in [4.78, 5) is 3.89. The van der Waals surface area contributed by atoms with Crippen molar-refractivity contribution < 1.29 is 0 Å². The third-order valence-corrected chi connectivity index (χ3v) is 8.13. The zero-order valence-electron chi connectivity index (χ0n) is 11.8. The van der Waals surface area contributed by atoms with Gasteiger partial charge in [0.1, 0.15) is 0 Å². The normalized spacial score (nSPS) is 21.8. The van der Waals surface area contributed by atoms with Crippen molar-refractivity contribution in [3.05, 3.63) is 0 Å². The number of nitrogens with one attached hydrogen (secondary N) is 1. The molecule has 0 radical (unpaired) electrons. The van der Waals surface area contributed by atoms with Gasteiger partial charge in [-0.2, -0.15) is 0 Å². The van der Waals surface area contributed by atoms with Crippen LogP contribution in [0.1, 0.15) is 39.0 Å². The second kappa shape index (κ2) is 6.97. The topological polar surface area (TPSA) is 12.0 Å². The summed E-state index contributed by atoms with van der Waals surface area (Å²) in [5.41, 5.74) is 0. The molecule has 0 amide bonds. The maximum Gasteiger partial charge on any atom is 0.0916 e. The highest BCUT2D eigenvalue weighted by Gasteiger charge is 2.19. The summed E-state index contributed by atoms with van der Waals surface area (Å²) in [7, 11) is -0.750. The van der Waals surface area contributed by atoms with E-state index in [0.29, 0.717) is 0 Å². The van der Waals surface area contributed by atoms with E-state index in [4.69, 9.17) is 0 Å². The minimum absolute atomic E-state index is 0.0238. The summed E-state index contributed by atoms with van der Waals surface area (Å²) in [6, 6.07) is 3.87. The van der Waals surface area contributed by atoms with E-state index >= 15 is 0 Å². The van der Waals surface area contributed by atoms with Crippen LogP contribution in [0.4, 0.5) is 0 Å². The van der Waals surface area contributed by atoms with Gasteiger partial charge in [-0.25, -0.2) is 0 Å². The molecule has 1 unspecified atom stereocenters. The molecule has 96 valence electrons. The lowest BCUT2D eigenvalue weighted by atomic mass is 9.85. The standard InChI is InChI=1S/C13H31NSi2/c1-12(13-8-6-5-7-9-13)14-15-10-11-16(2,3)4/h12-14H,5-11,15H2,1-4H3. The van der Waals surface area contributed by atoms with E-state index in [0.717, 1.165) is 12.0 Å². The molecule has 0 aromatic heterocycles. The highest BCUT2D eigenvalue weighted by Crippen LogP contribution is 2.26. The maximum absolute atomic E-state index is 3.89. The Morgan fingerprint density at radius 3 is 2.38 bits per heavy atom. The van der Waals surface area contributed by atoms with Gasteiger partial charge in [0, 0.05) is 8.07 Å². The highest BCUT2D eigenvalue weighted by molar-refractivity contribution is 6.76. The predicted molar refractivity (Wildman–Crippen MR) is 80.7 cm³/mol. The zero-order valence-corrected chi connectivity index (χ0v) is 14.2. The van der Waals surface area contributed by atoms with Crippen LogP contribution < -0.4 is 4.98 Å². The van der Waals surface area contributed by atoms with Gasteiger partial charge in [0.25, 0.3) is 0 Å². The second-order valence-corrected chi connectivity index (χ2v) is 14.0. The summed E-state index contributed by atoms with van der Waals surface area (Å²) in [6.07, 6.45) is 7.41. The van der Waals surface area contributed by atoms with Gasteiger partial charge < -0.3 is 4.98 Å². The van der Waals surface area contributed by atoms with E-state index in [2.05, 4.69) is 31.5 Å². The first-order valence-electron chi connectivity index (χ1n) is 7.22. The lowest BCUT2D eigenvalue weighted by molar-refractivity contribution is 0.304. The van der Waals surface area contributed by atoms with Gasteiger partial charge in [0.15, 0.2) is 0 Å². The lowest BCUT2D eigenvalue weighted by Gasteiger charge is -2.28. The van der Waals surface area contributed by atoms with Crippen molar-refractivity contribution in [2.75, 3.05) is 0 Å². The van der Waals surface area contributed by atoms with Gasteiger partial charge in [-0.1, -0.05) is 57.9 Å². The molecule has 16 heavy (non-hydrogen) atoms. The SMILES string of the molecule is CC(N[SiH2]CC[Si](C)(C)C)C1CCCCC1. The summed E-state index contributed by atoms with van der Waals surface area (Å²) >= 11 is 0. The number of rotatable bonds is 6. The molecule has 3 heteroatoms. The molecule has 0 bridgehead atoms. The molecule has 1 fully saturated rings. The molecular weight excluding hydrogens is 226 g/mol. The Bertz CT molecular complexity index is 183. The maximum atomic E-state index is 3.89. The van der Waals surface area contributed by atoms with Crippen molar-refractivity contribution in [3.63, 3.8) is 0 Å². The molecule has 1 nitrogen and oxygen atoms in total. The third-order valence-electron chi connectivity index (χ3n) is 3.93. The fourth-order valence-corrected chi connectivity index (χ4v) is 8.69. The van der Waals surface area contributed by atoms with Gasteiger partial charge in [0.05, 0.1) is 9.68 Å². The quantitative estimate of drug-likeness (QED) is 0.568. The largest absolute Gasteiger partial charge is 0.340 e. The summed E-state index contributed by atoms with van der Waals surface area (Å²) in [5.74, 6) is 0.994. The minimum Gasteiger partial charge on any atom is -0.340 e. The van der Waals surface area contributed by atoms with E-state index in [9.17, 15) is 0 Å². The smallest absolute Gasteiger partial charge is 0.0916 e. The van der Waals surface area contributed by atoms with Crippen LogP contribution in [-0.4, -0.2) is 23.8 Å². The Morgan fingerprint density at radius 1 is 1.19 bits per heavy atom. The zero-order chi connectivity index (χ0) is 12.0. The first-order valence-corrected chi connectivity index (χ1v) is 12.6. The Hall–Kier alpha value is 0.394. The molecule has 1 rings (SSSR count). The molecule has 0 saturated heterocycles. The Kier molecular flexibility index (Phi) is 6.30. The van der Waals surface area contributed by atoms with Gasteiger partial charge in [-0.05, 0) is 24.8 Å². The van der Waals surface area contributed by atoms with Crippen LogP contribution in [0.5, 0.6) is 0 Å². The number of hydrogen-bond donors (Lipinski definition) is 1. The molecule has 0 spiro atoms. The lowest BCUT2D eigenvalue weighted by Crippen LogP contribution is -2.37. The Morgan fingerprint density at radius 2 is 1.81 bits per heavy atom. The molecular formula is C13H31NSi2. The fourth-order valence-electron chi connectivity index (χ4n) is 2.75. The third kappa shape index (κ3) is 6.21. The molecule has 1 N–H and O–H groups in total. The van der Waals surface area contributed by atoms with E-state index in [1.165, 1.54) is 44.2 Å². The molecule has 0 aromatic carbocycles. The van der Waals surface area contributed by atoms with Crippen LogP contribution in [0, 0.1) is 5.92 Å². The van der Waals surface area contributed by atoms with Gasteiger partial charge >= 0.3 is 0 Å². The van der Waals surface area contributed by atoms with Crippen LogP contribution in [-0.2, 0) is 0 Å². The fraction of sp³-hybridized carbons (Fsp3) is 1.00. The summed E-state index contributed by atoms with van der Waals surface area (Å²) in [6.45, 7) is 9.90. The van der Waals surface area contributed by atoms with Crippen molar-refractivity contribution in [1.82, 2.24) is 4.98 Å². The molecule has 1 aliphatic rings. The van der Waals surface area contributed by atoms with Crippen molar-refractivity contribution in [3.8, 4) is 0 Å². The van der Waals surface area contributed by atoms with Gasteiger partial charge in [-0.15, -0.1) is 0 Å². The van der Waals surface area contributed by atoms with E-state index in [1.54, 1.807) is 0 Å². The van der Waals surface area contributed by atoms with Crippen LogP contribution >= 0.6 is 0 Å². The van der Waals surface area contributed by atoms with E-state index in [1.807, 2.05) is 0 Å². The van der Waals surface area contributed by atoms with E-state index in [-0.39, 0.29) is 9.68 Å². The molecule has 1 saturated carbocycles. The molecule has 0 aromatic rings.